The van der Waals surface area contributed by atoms with E-state index in [1.165, 1.54) is 11.2 Å². The van der Waals surface area contributed by atoms with Crippen LogP contribution in [0, 0.1) is 0 Å². The molecule has 6 heteroatoms. The maximum absolute atomic E-state index is 12.8. The molecule has 1 amide bonds. The smallest absolute Gasteiger partial charge is 0.326 e. The first-order valence-corrected chi connectivity index (χ1v) is 8.70. The van der Waals surface area contributed by atoms with Gasteiger partial charge in [-0.1, -0.05) is 42.5 Å². The predicted molar refractivity (Wildman–Crippen MR) is 97.8 cm³/mol. The van der Waals surface area contributed by atoms with E-state index in [9.17, 15) is 14.7 Å². The lowest BCUT2D eigenvalue weighted by atomic mass is 9.93. The molecular weight excluding hydrogens is 344 g/mol. The Labute approximate surface area is 156 Å². The van der Waals surface area contributed by atoms with Gasteiger partial charge >= 0.3 is 5.97 Å². The minimum atomic E-state index is -0.997. The zero-order valence-corrected chi connectivity index (χ0v) is 14.5. The Morgan fingerprint density at radius 1 is 1.07 bits per heavy atom. The van der Waals surface area contributed by atoms with Crippen molar-refractivity contribution < 1.29 is 19.1 Å². The molecule has 27 heavy (non-hydrogen) atoms. The summed E-state index contributed by atoms with van der Waals surface area (Å²) in [6, 6.07) is 16.2. The first-order chi connectivity index (χ1) is 13.1. The Morgan fingerprint density at radius 2 is 1.78 bits per heavy atom. The third kappa shape index (κ3) is 3.46. The van der Waals surface area contributed by atoms with Gasteiger partial charge in [0.05, 0.1) is 12.1 Å². The Balaban J connectivity index is 1.54. The number of hydrogen-bond acceptors (Lipinski definition) is 4. The lowest BCUT2D eigenvalue weighted by Gasteiger charge is -2.34. The molecule has 0 fully saturated rings. The van der Waals surface area contributed by atoms with Crippen LogP contribution < -0.4 is 0 Å². The molecule has 0 saturated heterocycles. The molecule has 0 spiro atoms. The number of carboxylic acid groups (broad SMARTS) is 1. The average Bonchev–Trinajstić information content (AvgIpc) is 3.16. The molecule has 1 unspecified atom stereocenters. The van der Waals surface area contributed by atoms with Crippen molar-refractivity contribution in [3.63, 3.8) is 0 Å². The van der Waals surface area contributed by atoms with E-state index in [2.05, 4.69) is 4.98 Å². The number of benzene rings is 2. The number of nitrogens with zero attached hydrogens (tertiary/aromatic N) is 2. The lowest BCUT2D eigenvalue weighted by molar-refractivity contribution is -0.151. The van der Waals surface area contributed by atoms with E-state index in [-0.39, 0.29) is 18.9 Å². The molecule has 1 N–H and O–H groups in total. The Hall–Kier alpha value is -3.41. The monoisotopic (exact) mass is 362 g/mol. The van der Waals surface area contributed by atoms with Gasteiger partial charge in [0.15, 0.2) is 0 Å². The third-order valence-corrected chi connectivity index (χ3v) is 4.76. The van der Waals surface area contributed by atoms with E-state index in [1.807, 2.05) is 54.6 Å². The molecule has 6 nitrogen and oxygen atoms in total. The van der Waals surface area contributed by atoms with Crippen LogP contribution in [0.4, 0.5) is 0 Å². The highest BCUT2D eigenvalue weighted by atomic mass is 16.4. The molecule has 2 aromatic carbocycles. The highest BCUT2D eigenvalue weighted by molar-refractivity contribution is 5.85. The minimum Gasteiger partial charge on any atom is -0.480 e. The number of carbonyl (C=O) groups excluding carboxylic acids is 1. The van der Waals surface area contributed by atoms with Crippen LogP contribution in [0.1, 0.15) is 16.8 Å². The van der Waals surface area contributed by atoms with Crippen LogP contribution in [-0.2, 0) is 29.0 Å². The highest BCUT2D eigenvalue weighted by Crippen LogP contribution is 2.25. The predicted octanol–water partition coefficient (Wildman–Crippen LogP) is 2.92. The lowest BCUT2D eigenvalue weighted by Crippen LogP contribution is -2.49. The topological polar surface area (TPSA) is 83.6 Å². The molecule has 1 aliphatic heterocycles. The maximum atomic E-state index is 12.8. The van der Waals surface area contributed by atoms with Crippen LogP contribution in [0.5, 0.6) is 0 Å². The number of hydrogen-bond donors (Lipinski definition) is 1. The van der Waals surface area contributed by atoms with Gasteiger partial charge in [0.1, 0.15) is 12.3 Å². The fourth-order valence-corrected chi connectivity index (χ4v) is 3.36. The molecule has 136 valence electrons. The second kappa shape index (κ2) is 7.07. The molecular formula is C21H18N2O4. The fourth-order valence-electron chi connectivity index (χ4n) is 3.36. The van der Waals surface area contributed by atoms with Crippen molar-refractivity contribution in [3.8, 4) is 11.5 Å². The van der Waals surface area contributed by atoms with Gasteiger partial charge in [0.25, 0.3) is 0 Å². The van der Waals surface area contributed by atoms with Crippen molar-refractivity contribution in [2.24, 2.45) is 0 Å². The molecule has 4 rings (SSSR count). The van der Waals surface area contributed by atoms with Crippen LogP contribution in [0.3, 0.4) is 0 Å². The molecule has 1 atom stereocenters. The molecule has 0 aliphatic carbocycles. The zero-order valence-electron chi connectivity index (χ0n) is 14.5. The first-order valence-electron chi connectivity index (χ1n) is 8.70. The second-order valence-corrected chi connectivity index (χ2v) is 6.54. The van der Waals surface area contributed by atoms with Crippen molar-refractivity contribution >= 4 is 11.9 Å². The third-order valence-electron chi connectivity index (χ3n) is 4.76. The summed E-state index contributed by atoms with van der Waals surface area (Å²) in [5.74, 6) is -0.829. The van der Waals surface area contributed by atoms with E-state index in [0.717, 1.165) is 16.7 Å². The molecule has 1 aliphatic rings. The van der Waals surface area contributed by atoms with Gasteiger partial charge < -0.3 is 14.4 Å². The van der Waals surface area contributed by atoms with Gasteiger partial charge in [-0.3, -0.25) is 4.79 Å². The summed E-state index contributed by atoms with van der Waals surface area (Å²) in [5.41, 5.74) is 3.27. The van der Waals surface area contributed by atoms with E-state index in [0.29, 0.717) is 18.0 Å². The van der Waals surface area contributed by atoms with Crippen molar-refractivity contribution in [2.75, 3.05) is 0 Å². The summed E-state index contributed by atoms with van der Waals surface area (Å²) in [6.07, 6.45) is 1.77. The summed E-state index contributed by atoms with van der Waals surface area (Å²) in [5, 5.41) is 9.57. The largest absolute Gasteiger partial charge is 0.480 e. The number of fused-ring (bicyclic) bond motifs is 1. The van der Waals surface area contributed by atoms with E-state index < -0.39 is 12.0 Å². The van der Waals surface area contributed by atoms with Crippen molar-refractivity contribution in [1.29, 1.82) is 0 Å². The average molecular weight is 362 g/mol. The van der Waals surface area contributed by atoms with E-state index in [4.69, 9.17) is 4.42 Å². The molecule has 0 radical (unpaired) electrons. The Kier molecular flexibility index (Phi) is 4.46. The number of amides is 1. The Morgan fingerprint density at radius 3 is 2.52 bits per heavy atom. The van der Waals surface area contributed by atoms with Gasteiger partial charge in [-0.2, -0.15) is 0 Å². The highest BCUT2D eigenvalue weighted by Gasteiger charge is 2.34. The summed E-state index contributed by atoms with van der Waals surface area (Å²) in [4.78, 5) is 30.3. The summed E-state index contributed by atoms with van der Waals surface area (Å²) in [7, 11) is 0. The second-order valence-electron chi connectivity index (χ2n) is 6.54. The molecule has 3 aromatic rings. The number of oxazole rings is 1. The van der Waals surface area contributed by atoms with E-state index in [1.54, 1.807) is 0 Å². The van der Waals surface area contributed by atoms with Crippen LogP contribution in [-0.4, -0.2) is 32.9 Å². The number of carboxylic acids is 1. The number of aromatic nitrogens is 1. The van der Waals surface area contributed by atoms with Crippen LogP contribution in [0.15, 0.2) is 65.3 Å². The van der Waals surface area contributed by atoms with Crippen LogP contribution in [0.2, 0.25) is 0 Å². The van der Waals surface area contributed by atoms with Gasteiger partial charge in [-0.15, -0.1) is 0 Å². The van der Waals surface area contributed by atoms with Gasteiger partial charge in [0, 0.05) is 18.5 Å². The SMILES string of the molecule is O=C(O)C1Cc2ccccc2CN1C(=O)Cc1coc(-c2ccccc2)n1. The first kappa shape index (κ1) is 17.0. The zero-order chi connectivity index (χ0) is 18.8. The van der Waals surface area contributed by atoms with Crippen LogP contribution in [0.25, 0.3) is 11.5 Å². The number of carbonyl (C=O) groups is 2. The summed E-state index contributed by atoms with van der Waals surface area (Å²) in [6.45, 7) is 0.287. The quantitative estimate of drug-likeness (QED) is 0.771. The van der Waals surface area contributed by atoms with Gasteiger partial charge in [-0.05, 0) is 23.3 Å². The fraction of sp³-hybridized carbons (Fsp3) is 0.190. The molecule has 0 saturated carbocycles. The summed E-state index contributed by atoms with van der Waals surface area (Å²) < 4.78 is 5.47. The minimum absolute atomic E-state index is 0.00226. The van der Waals surface area contributed by atoms with E-state index >= 15 is 0 Å². The molecule has 0 bridgehead atoms. The Bertz CT molecular complexity index is 981. The normalized spacial score (nSPS) is 16.0. The van der Waals surface area contributed by atoms with Crippen molar-refractivity contribution in [2.45, 2.75) is 25.4 Å². The van der Waals surface area contributed by atoms with Crippen molar-refractivity contribution in [1.82, 2.24) is 9.88 Å². The van der Waals surface area contributed by atoms with Gasteiger partial charge in [-0.25, -0.2) is 9.78 Å². The van der Waals surface area contributed by atoms with Crippen LogP contribution >= 0.6 is 0 Å². The summed E-state index contributed by atoms with van der Waals surface area (Å²) >= 11 is 0. The standard InChI is InChI=1S/C21H18N2O4/c24-19(11-17-13-27-20(22-17)14-6-2-1-3-7-14)23-12-16-9-5-4-8-15(16)10-18(23)21(25)26/h1-9,13,18H,10-12H2,(H,25,26). The number of rotatable bonds is 4. The van der Waals surface area contributed by atoms with Gasteiger partial charge in [0.2, 0.25) is 11.8 Å². The number of aliphatic carboxylic acids is 1. The maximum Gasteiger partial charge on any atom is 0.326 e. The van der Waals surface area contributed by atoms with Crippen molar-refractivity contribution in [3.05, 3.63) is 77.7 Å². The molecule has 2 heterocycles. The molecule has 1 aromatic heterocycles.